The van der Waals surface area contributed by atoms with E-state index in [2.05, 4.69) is 22.3 Å². The van der Waals surface area contributed by atoms with Crippen molar-refractivity contribution >= 4 is 5.91 Å². The molecule has 0 bridgehead atoms. The number of carbonyl (C=O) groups excluding carboxylic acids is 1. The largest absolute Gasteiger partial charge is 0.497 e. The molecule has 4 nitrogen and oxygen atoms in total. The van der Waals surface area contributed by atoms with E-state index < -0.39 is 0 Å². The van der Waals surface area contributed by atoms with Crippen molar-refractivity contribution in [3.8, 4) is 5.75 Å². The number of rotatable bonds is 6. The Labute approximate surface area is 139 Å². The first-order chi connectivity index (χ1) is 11.3. The lowest BCUT2D eigenvalue weighted by molar-refractivity contribution is -0.125. The summed E-state index contributed by atoms with van der Waals surface area (Å²) in [7, 11) is 1.70. The highest BCUT2D eigenvalue weighted by Crippen LogP contribution is 2.28. The van der Waals surface area contributed by atoms with Crippen LogP contribution < -0.4 is 10.1 Å². The average Bonchev–Trinajstić information content (AvgIpc) is 3.29. The van der Waals surface area contributed by atoms with Crippen LogP contribution in [0.5, 0.6) is 5.75 Å². The number of hydrogen-bond donors (Lipinski definition) is 1. The summed E-state index contributed by atoms with van der Waals surface area (Å²) in [6, 6.07) is 8.51. The van der Waals surface area contributed by atoms with Gasteiger partial charge in [-0.25, -0.2) is 0 Å². The Morgan fingerprint density at radius 2 is 2.00 bits per heavy atom. The van der Waals surface area contributed by atoms with Crippen LogP contribution in [0.3, 0.4) is 0 Å². The predicted molar refractivity (Wildman–Crippen MR) is 91.5 cm³/mol. The Balaban J connectivity index is 1.68. The molecule has 1 aromatic rings. The SMILES string of the molecule is COc1cccc(C(CNC(=O)C2CCCC2)N2CCCC2)c1. The maximum Gasteiger partial charge on any atom is 0.223 e. The quantitative estimate of drug-likeness (QED) is 0.876. The summed E-state index contributed by atoms with van der Waals surface area (Å²) in [5.41, 5.74) is 1.23. The van der Waals surface area contributed by atoms with Gasteiger partial charge in [0.2, 0.25) is 5.91 Å². The van der Waals surface area contributed by atoms with Gasteiger partial charge in [-0.3, -0.25) is 9.69 Å². The second-order valence-corrected chi connectivity index (χ2v) is 6.76. The summed E-state index contributed by atoms with van der Waals surface area (Å²) in [4.78, 5) is 14.9. The molecule has 1 unspecified atom stereocenters. The molecule has 1 aromatic carbocycles. The highest BCUT2D eigenvalue weighted by molar-refractivity contribution is 5.78. The van der Waals surface area contributed by atoms with Gasteiger partial charge in [-0.1, -0.05) is 25.0 Å². The van der Waals surface area contributed by atoms with Crippen LogP contribution in [0.1, 0.15) is 50.1 Å². The fourth-order valence-corrected chi connectivity index (χ4v) is 3.89. The highest BCUT2D eigenvalue weighted by atomic mass is 16.5. The van der Waals surface area contributed by atoms with Gasteiger partial charge in [0.05, 0.1) is 13.2 Å². The number of likely N-dealkylation sites (tertiary alicyclic amines) is 1. The number of methoxy groups -OCH3 is 1. The van der Waals surface area contributed by atoms with Gasteiger partial charge in [0.25, 0.3) is 0 Å². The molecule has 1 heterocycles. The van der Waals surface area contributed by atoms with Gasteiger partial charge < -0.3 is 10.1 Å². The molecule has 1 saturated heterocycles. The zero-order valence-electron chi connectivity index (χ0n) is 14.1. The van der Waals surface area contributed by atoms with E-state index >= 15 is 0 Å². The Morgan fingerprint density at radius 3 is 2.70 bits per heavy atom. The summed E-state index contributed by atoms with van der Waals surface area (Å²) >= 11 is 0. The van der Waals surface area contributed by atoms with E-state index in [-0.39, 0.29) is 17.9 Å². The van der Waals surface area contributed by atoms with Gasteiger partial charge in [0.15, 0.2) is 0 Å². The van der Waals surface area contributed by atoms with E-state index in [1.165, 1.54) is 31.2 Å². The van der Waals surface area contributed by atoms with Gasteiger partial charge in [-0.05, 0) is 56.5 Å². The van der Waals surface area contributed by atoms with Crippen molar-refractivity contribution in [1.29, 1.82) is 0 Å². The third-order valence-corrected chi connectivity index (χ3v) is 5.26. The number of nitrogens with zero attached hydrogens (tertiary/aromatic N) is 1. The van der Waals surface area contributed by atoms with Crippen molar-refractivity contribution in [3.05, 3.63) is 29.8 Å². The molecule has 1 atom stereocenters. The van der Waals surface area contributed by atoms with E-state index in [1.54, 1.807) is 7.11 Å². The van der Waals surface area contributed by atoms with E-state index in [0.717, 1.165) is 31.7 Å². The molecule has 126 valence electrons. The van der Waals surface area contributed by atoms with E-state index in [1.807, 2.05) is 12.1 Å². The Morgan fingerprint density at radius 1 is 1.26 bits per heavy atom. The topological polar surface area (TPSA) is 41.6 Å². The van der Waals surface area contributed by atoms with Crippen LogP contribution in [0, 0.1) is 5.92 Å². The van der Waals surface area contributed by atoms with Gasteiger partial charge in [0, 0.05) is 12.5 Å². The summed E-state index contributed by atoms with van der Waals surface area (Å²) in [6.45, 7) is 2.92. The molecule has 3 rings (SSSR count). The maximum absolute atomic E-state index is 12.4. The number of amides is 1. The van der Waals surface area contributed by atoms with Gasteiger partial charge in [0.1, 0.15) is 5.75 Å². The summed E-state index contributed by atoms with van der Waals surface area (Å²) in [5.74, 6) is 1.36. The van der Waals surface area contributed by atoms with Gasteiger partial charge in [-0.15, -0.1) is 0 Å². The molecule has 1 saturated carbocycles. The molecule has 2 aliphatic rings. The molecule has 1 aliphatic heterocycles. The Kier molecular flexibility index (Phi) is 5.55. The lowest BCUT2D eigenvalue weighted by Crippen LogP contribution is -2.38. The van der Waals surface area contributed by atoms with Crippen molar-refractivity contribution in [2.75, 3.05) is 26.7 Å². The molecular weight excluding hydrogens is 288 g/mol. The number of carbonyl (C=O) groups is 1. The minimum absolute atomic E-state index is 0.236. The third-order valence-electron chi connectivity index (χ3n) is 5.26. The molecule has 0 radical (unpaired) electrons. The minimum Gasteiger partial charge on any atom is -0.497 e. The number of ether oxygens (including phenoxy) is 1. The van der Waals surface area contributed by atoms with Crippen LogP contribution in [0.4, 0.5) is 0 Å². The van der Waals surface area contributed by atoms with Crippen LogP contribution in [0.2, 0.25) is 0 Å². The minimum atomic E-state index is 0.236. The van der Waals surface area contributed by atoms with Gasteiger partial charge >= 0.3 is 0 Å². The highest BCUT2D eigenvalue weighted by Gasteiger charge is 2.27. The number of hydrogen-bond acceptors (Lipinski definition) is 3. The predicted octanol–water partition coefficient (Wildman–Crippen LogP) is 3.14. The zero-order valence-corrected chi connectivity index (χ0v) is 14.1. The zero-order chi connectivity index (χ0) is 16.1. The molecule has 0 spiro atoms. The number of nitrogens with one attached hydrogen (secondary N) is 1. The summed E-state index contributed by atoms with van der Waals surface area (Å²) < 4.78 is 5.37. The monoisotopic (exact) mass is 316 g/mol. The first-order valence-corrected chi connectivity index (χ1v) is 8.93. The summed E-state index contributed by atoms with van der Waals surface area (Å²) in [6.07, 6.45) is 7.00. The van der Waals surface area contributed by atoms with Crippen LogP contribution in [-0.4, -0.2) is 37.6 Å². The fraction of sp³-hybridized carbons (Fsp3) is 0.632. The molecule has 0 aromatic heterocycles. The average molecular weight is 316 g/mol. The lowest BCUT2D eigenvalue weighted by Gasteiger charge is -2.29. The van der Waals surface area contributed by atoms with Crippen LogP contribution >= 0.6 is 0 Å². The van der Waals surface area contributed by atoms with Crippen LogP contribution in [0.15, 0.2) is 24.3 Å². The van der Waals surface area contributed by atoms with E-state index in [0.29, 0.717) is 6.54 Å². The molecule has 23 heavy (non-hydrogen) atoms. The van der Waals surface area contributed by atoms with Crippen molar-refractivity contribution in [2.45, 2.75) is 44.6 Å². The smallest absolute Gasteiger partial charge is 0.223 e. The molecule has 1 N–H and O–H groups in total. The van der Waals surface area contributed by atoms with Crippen molar-refractivity contribution in [3.63, 3.8) is 0 Å². The van der Waals surface area contributed by atoms with Crippen LogP contribution in [0.25, 0.3) is 0 Å². The first kappa shape index (κ1) is 16.3. The lowest BCUT2D eigenvalue weighted by atomic mass is 10.0. The van der Waals surface area contributed by atoms with Crippen LogP contribution in [-0.2, 0) is 4.79 Å². The van der Waals surface area contributed by atoms with Gasteiger partial charge in [-0.2, -0.15) is 0 Å². The Bertz CT molecular complexity index is 520. The van der Waals surface area contributed by atoms with E-state index in [4.69, 9.17) is 4.74 Å². The fourth-order valence-electron chi connectivity index (χ4n) is 3.89. The molecular formula is C19H28N2O2. The normalized spacial score (nSPS) is 20.6. The third kappa shape index (κ3) is 4.05. The molecule has 1 aliphatic carbocycles. The molecule has 2 fully saturated rings. The van der Waals surface area contributed by atoms with Crippen molar-refractivity contribution < 1.29 is 9.53 Å². The van der Waals surface area contributed by atoms with Crippen molar-refractivity contribution in [2.24, 2.45) is 5.92 Å². The first-order valence-electron chi connectivity index (χ1n) is 8.93. The standard InChI is InChI=1S/C19H28N2O2/c1-23-17-10-6-9-16(13-17)18(21-11-4-5-12-21)14-20-19(22)15-7-2-3-8-15/h6,9-10,13,15,18H,2-5,7-8,11-12,14H2,1H3,(H,20,22). The molecule has 1 amide bonds. The molecule has 4 heteroatoms. The maximum atomic E-state index is 12.4. The van der Waals surface area contributed by atoms with E-state index in [9.17, 15) is 4.79 Å². The number of benzene rings is 1. The summed E-state index contributed by atoms with van der Waals surface area (Å²) in [5, 5.41) is 3.22. The second-order valence-electron chi connectivity index (χ2n) is 6.76. The second kappa shape index (κ2) is 7.82. The van der Waals surface area contributed by atoms with Crippen molar-refractivity contribution in [1.82, 2.24) is 10.2 Å². The Hall–Kier alpha value is -1.55.